The largest absolute Gasteiger partial charge is 0.313 e. The molecular formula is C13H20N2O2S. The van der Waals surface area contributed by atoms with E-state index in [2.05, 4.69) is 17.0 Å². The van der Waals surface area contributed by atoms with Crippen LogP contribution in [-0.4, -0.2) is 21.5 Å². The fourth-order valence-corrected chi connectivity index (χ4v) is 3.35. The van der Waals surface area contributed by atoms with E-state index in [1.54, 1.807) is 18.2 Å². The van der Waals surface area contributed by atoms with E-state index in [9.17, 15) is 8.42 Å². The Morgan fingerprint density at radius 3 is 2.67 bits per heavy atom. The summed E-state index contributed by atoms with van der Waals surface area (Å²) in [7, 11) is -1.46. The molecule has 1 fully saturated rings. The second-order valence-corrected chi connectivity index (χ2v) is 6.43. The Bertz CT molecular complexity index is 505. The molecule has 1 saturated carbocycles. The van der Waals surface area contributed by atoms with Gasteiger partial charge >= 0.3 is 0 Å². The van der Waals surface area contributed by atoms with Crippen molar-refractivity contribution < 1.29 is 8.42 Å². The van der Waals surface area contributed by atoms with E-state index in [1.165, 1.54) is 0 Å². The van der Waals surface area contributed by atoms with Gasteiger partial charge in [0.2, 0.25) is 10.0 Å². The summed E-state index contributed by atoms with van der Waals surface area (Å²) in [6.45, 7) is 2.07. The van der Waals surface area contributed by atoms with Crippen molar-refractivity contribution >= 4 is 10.0 Å². The van der Waals surface area contributed by atoms with Gasteiger partial charge in [-0.2, -0.15) is 0 Å². The molecule has 1 aromatic rings. The SMILES string of the molecule is CCC(NC)c1cccc(S(=O)(=O)NC2CC2)c1. The van der Waals surface area contributed by atoms with Crippen molar-refractivity contribution in [1.82, 2.24) is 10.0 Å². The lowest BCUT2D eigenvalue weighted by atomic mass is 10.1. The maximum atomic E-state index is 12.1. The van der Waals surface area contributed by atoms with Gasteiger partial charge in [0.05, 0.1) is 4.90 Å². The Labute approximate surface area is 109 Å². The molecule has 5 heteroatoms. The average molecular weight is 268 g/mol. The number of sulfonamides is 1. The highest BCUT2D eigenvalue weighted by Crippen LogP contribution is 2.24. The van der Waals surface area contributed by atoms with Crippen molar-refractivity contribution in [3.8, 4) is 0 Å². The molecule has 1 aromatic carbocycles. The third-order valence-corrected chi connectivity index (χ3v) is 4.74. The van der Waals surface area contributed by atoms with E-state index in [-0.39, 0.29) is 12.1 Å². The van der Waals surface area contributed by atoms with Crippen LogP contribution in [0.1, 0.15) is 37.8 Å². The van der Waals surface area contributed by atoms with Gasteiger partial charge in [0.1, 0.15) is 0 Å². The predicted octanol–water partition coefficient (Wildman–Crippen LogP) is 1.80. The first-order valence-corrected chi connectivity index (χ1v) is 7.84. The molecule has 4 nitrogen and oxygen atoms in total. The lowest BCUT2D eigenvalue weighted by Gasteiger charge is -2.15. The van der Waals surface area contributed by atoms with Crippen LogP contribution in [0.2, 0.25) is 0 Å². The van der Waals surface area contributed by atoms with Crippen molar-refractivity contribution in [2.24, 2.45) is 0 Å². The fourth-order valence-electron chi connectivity index (χ4n) is 1.99. The summed E-state index contributed by atoms with van der Waals surface area (Å²) < 4.78 is 26.9. The second kappa shape index (κ2) is 5.38. The van der Waals surface area contributed by atoms with Crippen molar-refractivity contribution in [3.05, 3.63) is 29.8 Å². The predicted molar refractivity (Wildman–Crippen MR) is 71.9 cm³/mol. The lowest BCUT2D eigenvalue weighted by molar-refractivity contribution is 0.570. The van der Waals surface area contributed by atoms with Crippen molar-refractivity contribution in [1.29, 1.82) is 0 Å². The van der Waals surface area contributed by atoms with Crippen LogP contribution < -0.4 is 10.0 Å². The Morgan fingerprint density at radius 1 is 1.39 bits per heavy atom. The van der Waals surface area contributed by atoms with Crippen LogP contribution in [-0.2, 0) is 10.0 Å². The third-order valence-electron chi connectivity index (χ3n) is 3.23. The van der Waals surface area contributed by atoms with Crippen LogP contribution in [0, 0.1) is 0 Å². The van der Waals surface area contributed by atoms with Crippen LogP contribution in [0.15, 0.2) is 29.2 Å². The zero-order valence-corrected chi connectivity index (χ0v) is 11.6. The average Bonchev–Trinajstić information content (AvgIpc) is 3.14. The Morgan fingerprint density at radius 2 is 2.11 bits per heavy atom. The Balaban J connectivity index is 2.25. The van der Waals surface area contributed by atoms with Gasteiger partial charge in [-0.25, -0.2) is 13.1 Å². The van der Waals surface area contributed by atoms with E-state index in [0.29, 0.717) is 4.90 Å². The minimum absolute atomic E-state index is 0.143. The number of benzene rings is 1. The molecule has 18 heavy (non-hydrogen) atoms. The Hall–Kier alpha value is -0.910. The van der Waals surface area contributed by atoms with E-state index < -0.39 is 10.0 Å². The maximum absolute atomic E-state index is 12.1. The van der Waals surface area contributed by atoms with Gasteiger partial charge < -0.3 is 5.32 Å². The lowest BCUT2D eigenvalue weighted by Crippen LogP contribution is -2.26. The highest BCUT2D eigenvalue weighted by Gasteiger charge is 2.28. The molecule has 0 spiro atoms. The monoisotopic (exact) mass is 268 g/mol. The second-order valence-electron chi connectivity index (χ2n) is 4.72. The molecule has 0 aromatic heterocycles. The molecule has 1 unspecified atom stereocenters. The van der Waals surface area contributed by atoms with Crippen LogP contribution in [0.4, 0.5) is 0 Å². The summed E-state index contributed by atoms with van der Waals surface area (Å²) in [5.74, 6) is 0. The first-order valence-electron chi connectivity index (χ1n) is 6.36. The topological polar surface area (TPSA) is 58.2 Å². The molecule has 1 aliphatic rings. The quantitative estimate of drug-likeness (QED) is 0.827. The van der Waals surface area contributed by atoms with Crippen LogP contribution in [0.25, 0.3) is 0 Å². The number of nitrogens with one attached hydrogen (secondary N) is 2. The molecule has 0 aliphatic heterocycles. The normalized spacial score (nSPS) is 17.7. The molecule has 0 heterocycles. The van der Waals surface area contributed by atoms with Gasteiger partial charge in [0, 0.05) is 12.1 Å². The molecule has 0 radical (unpaired) electrons. The van der Waals surface area contributed by atoms with Gasteiger partial charge in [-0.3, -0.25) is 0 Å². The summed E-state index contributed by atoms with van der Waals surface area (Å²) >= 11 is 0. The van der Waals surface area contributed by atoms with Gasteiger partial charge in [-0.15, -0.1) is 0 Å². The maximum Gasteiger partial charge on any atom is 0.240 e. The minimum Gasteiger partial charge on any atom is -0.313 e. The third kappa shape index (κ3) is 3.10. The first-order chi connectivity index (χ1) is 8.56. The first kappa shape index (κ1) is 13.5. The van der Waals surface area contributed by atoms with Crippen molar-refractivity contribution in [3.63, 3.8) is 0 Å². The molecule has 100 valence electrons. The van der Waals surface area contributed by atoms with Gasteiger partial charge in [-0.1, -0.05) is 19.1 Å². The summed E-state index contributed by atoms with van der Waals surface area (Å²) in [5, 5.41) is 3.18. The van der Waals surface area contributed by atoms with Gasteiger partial charge in [0.15, 0.2) is 0 Å². The summed E-state index contributed by atoms with van der Waals surface area (Å²) in [5.41, 5.74) is 1.01. The molecular weight excluding hydrogens is 248 g/mol. The fraction of sp³-hybridized carbons (Fsp3) is 0.538. The summed E-state index contributed by atoms with van der Waals surface area (Å²) in [6, 6.07) is 7.51. The zero-order chi connectivity index (χ0) is 13.2. The highest BCUT2D eigenvalue weighted by atomic mass is 32.2. The van der Waals surface area contributed by atoms with E-state index in [4.69, 9.17) is 0 Å². The molecule has 2 N–H and O–H groups in total. The summed E-state index contributed by atoms with van der Waals surface area (Å²) in [4.78, 5) is 0.362. The van der Waals surface area contributed by atoms with Crippen LogP contribution in [0.5, 0.6) is 0 Å². The van der Waals surface area contributed by atoms with Crippen molar-refractivity contribution in [2.45, 2.75) is 43.2 Å². The van der Waals surface area contributed by atoms with Crippen LogP contribution >= 0.6 is 0 Å². The molecule has 2 rings (SSSR count). The van der Waals surface area contributed by atoms with Gasteiger partial charge in [0.25, 0.3) is 0 Å². The number of hydrogen-bond donors (Lipinski definition) is 2. The minimum atomic E-state index is -3.35. The Kier molecular flexibility index (Phi) is 4.04. The number of rotatable bonds is 6. The molecule has 1 aliphatic carbocycles. The highest BCUT2D eigenvalue weighted by molar-refractivity contribution is 7.89. The number of hydrogen-bond acceptors (Lipinski definition) is 3. The van der Waals surface area contributed by atoms with Crippen molar-refractivity contribution in [2.75, 3.05) is 7.05 Å². The van der Waals surface area contributed by atoms with E-state index in [0.717, 1.165) is 24.8 Å². The van der Waals surface area contributed by atoms with Crippen LogP contribution in [0.3, 0.4) is 0 Å². The molecule has 0 saturated heterocycles. The molecule has 0 bridgehead atoms. The molecule has 0 amide bonds. The molecule has 1 atom stereocenters. The summed E-state index contributed by atoms with van der Waals surface area (Å²) in [6.07, 6.45) is 2.83. The van der Waals surface area contributed by atoms with E-state index >= 15 is 0 Å². The van der Waals surface area contributed by atoms with E-state index in [1.807, 2.05) is 13.1 Å². The standard InChI is InChI=1S/C13H20N2O2S/c1-3-13(14-2)10-5-4-6-12(9-10)18(16,17)15-11-7-8-11/h4-6,9,11,13-15H,3,7-8H2,1-2H3. The smallest absolute Gasteiger partial charge is 0.240 e. The van der Waals surface area contributed by atoms with Gasteiger partial charge in [-0.05, 0) is 44.0 Å². The zero-order valence-electron chi connectivity index (χ0n) is 10.8.